The van der Waals surface area contributed by atoms with Crippen molar-refractivity contribution in [2.45, 2.75) is 49.8 Å². The standard InChI is InChI=1S/C24H29N3O6S/c1-27(18-12-13-21-22(15-18)33-16-32-21)23(28)20(14-17-8-4-2-5-9-17)25-24(29)26-34(30,31)19-10-6-3-7-11-19/h2,4-5,8-9,12-13,15,19-20H,3,6-7,10-11,14,16H2,1H3,(H2,25,26,29). The van der Waals surface area contributed by atoms with Crippen LogP contribution in [0.15, 0.2) is 48.5 Å². The monoisotopic (exact) mass is 487 g/mol. The molecule has 0 saturated heterocycles. The van der Waals surface area contributed by atoms with Crippen LogP contribution in [0.3, 0.4) is 0 Å². The summed E-state index contributed by atoms with van der Waals surface area (Å²) in [4.78, 5) is 27.5. The number of hydrogen-bond donors (Lipinski definition) is 2. The summed E-state index contributed by atoms with van der Waals surface area (Å²) < 4.78 is 38.2. The third kappa shape index (κ3) is 5.61. The zero-order valence-corrected chi connectivity index (χ0v) is 19.8. The number of ether oxygens (including phenoxy) is 2. The summed E-state index contributed by atoms with van der Waals surface area (Å²) in [6.45, 7) is 0.115. The minimum absolute atomic E-state index is 0.115. The number of urea groups is 1. The lowest BCUT2D eigenvalue weighted by Gasteiger charge is -2.26. The lowest BCUT2D eigenvalue weighted by atomic mass is 10.0. The number of anilines is 1. The Balaban J connectivity index is 1.50. The van der Waals surface area contributed by atoms with Crippen molar-refractivity contribution in [1.29, 1.82) is 0 Å². The van der Waals surface area contributed by atoms with Crippen LogP contribution in [0.4, 0.5) is 10.5 Å². The van der Waals surface area contributed by atoms with Gasteiger partial charge in [0.05, 0.1) is 5.25 Å². The molecule has 0 bridgehead atoms. The molecule has 34 heavy (non-hydrogen) atoms. The first-order chi connectivity index (χ1) is 16.3. The molecular weight excluding hydrogens is 458 g/mol. The molecule has 1 atom stereocenters. The molecule has 1 fully saturated rings. The van der Waals surface area contributed by atoms with Gasteiger partial charge >= 0.3 is 6.03 Å². The van der Waals surface area contributed by atoms with E-state index in [1.54, 1.807) is 25.2 Å². The van der Waals surface area contributed by atoms with Crippen LogP contribution in [0.5, 0.6) is 11.5 Å². The molecule has 1 unspecified atom stereocenters. The molecule has 182 valence electrons. The highest BCUT2D eigenvalue weighted by atomic mass is 32.2. The van der Waals surface area contributed by atoms with Gasteiger partial charge in [-0.15, -0.1) is 0 Å². The van der Waals surface area contributed by atoms with E-state index in [4.69, 9.17) is 9.47 Å². The molecule has 1 heterocycles. The van der Waals surface area contributed by atoms with Gasteiger partial charge in [-0.3, -0.25) is 4.79 Å². The van der Waals surface area contributed by atoms with Crippen LogP contribution < -0.4 is 24.4 Å². The number of amides is 3. The molecule has 10 heteroatoms. The molecule has 2 aliphatic rings. The van der Waals surface area contributed by atoms with Crippen LogP contribution in [-0.2, 0) is 21.2 Å². The van der Waals surface area contributed by atoms with Gasteiger partial charge in [0.2, 0.25) is 22.7 Å². The number of carbonyl (C=O) groups excluding carboxylic acids is 2. The molecule has 9 nitrogen and oxygen atoms in total. The van der Waals surface area contributed by atoms with Crippen molar-refractivity contribution in [1.82, 2.24) is 10.0 Å². The molecule has 3 amide bonds. The van der Waals surface area contributed by atoms with Crippen LogP contribution in [0.25, 0.3) is 0 Å². The highest BCUT2D eigenvalue weighted by molar-refractivity contribution is 7.90. The highest BCUT2D eigenvalue weighted by Gasteiger charge is 2.31. The number of likely N-dealkylation sites (N-methyl/N-ethyl adjacent to an activating group) is 1. The Kier molecular flexibility index (Phi) is 7.26. The van der Waals surface area contributed by atoms with E-state index in [2.05, 4.69) is 10.0 Å². The fourth-order valence-corrected chi connectivity index (χ4v) is 5.72. The van der Waals surface area contributed by atoms with Gasteiger partial charge in [0.1, 0.15) is 6.04 Å². The molecule has 2 aromatic carbocycles. The van der Waals surface area contributed by atoms with Crippen LogP contribution in [0, 0.1) is 0 Å². The lowest BCUT2D eigenvalue weighted by molar-refractivity contribution is -0.120. The van der Waals surface area contributed by atoms with E-state index in [0.717, 1.165) is 24.8 Å². The Labute approximate surface area is 199 Å². The second-order valence-corrected chi connectivity index (χ2v) is 10.5. The van der Waals surface area contributed by atoms with Gasteiger partial charge in [0.15, 0.2) is 11.5 Å². The molecule has 0 aromatic heterocycles. The fourth-order valence-electron chi connectivity index (χ4n) is 4.28. The molecule has 1 aliphatic carbocycles. The second-order valence-electron chi connectivity index (χ2n) is 8.56. The van der Waals surface area contributed by atoms with Crippen molar-refractivity contribution in [3.05, 3.63) is 54.1 Å². The maximum Gasteiger partial charge on any atom is 0.329 e. The largest absolute Gasteiger partial charge is 0.454 e. The average Bonchev–Trinajstić information content (AvgIpc) is 3.31. The third-order valence-electron chi connectivity index (χ3n) is 6.19. The molecule has 1 saturated carbocycles. The number of nitrogens with one attached hydrogen (secondary N) is 2. The Hall–Kier alpha value is -3.27. The third-order valence-corrected chi connectivity index (χ3v) is 8.01. The first kappa shape index (κ1) is 23.9. The maximum absolute atomic E-state index is 13.4. The summed E-state index contributed by atoms with van der Waals surface area (Å²) >= 11 is 0. The van der Waals surface area contributed by atoms with Crippen molar-refractivity contribution in [3.63, 3.8) is 0 Å². The Bertz CT molecular complexity index is 1130. The van der Waals surface area contributed by atoms with Crippen molar-refractivity contribution in [3.8, 4) is 11.5 Å². The van der Waals surface area contributed by atoms with Gasteiger partial charge in [0, 0.05) is 25.2 Å². The van der Waals surface area contributed by atoms with E-state index in [1.807, 2.05) is 30.3 Å². The van der Waals surface area contributed by atoms with Crippen LogP contribution in [0.1, 0.15) is 37.7 Å². The van der Waals surface area contributed by atoms with Crippen LogP contribution in [0.2, 0.25) is 0 Å². The molecule has 0 radical (unpaired) electrons. The summed E-state index contributed by atoms with van der Waals surface area (Å²) in [6.07, 6.45) is 3.90. The van der Waals surface area contributed by atoms with E-state index in [9.17, 15) is 18.0 Å². The molecule has 2 aromatic rings. The lowest BCUT2D eigenvalue weighted by Crippen LogP contribution is -2.53. The number of sulfonamides is 1. The highest BCUT2D eigenvalue weighted by Crippen LogP contribution is 2.35. The Morgan fingerprint density at radius 3 is 2.47 bits per heavy atom. The number of fused-ring (bicyclic) bond motifs is 1. The minimum atomic E-state index is -3.82. The average molecular weight is 488 g/mol. The summed E-state index contributed by atoms with van der Waals surface area (Å²) in [7, 11) is -2.23. The van der Waals surface area contributed by atoms with Crippen molar-refractivity contribution in [2.24, 2.45) is 0 Å². The first-order valence-corrected chi connectivity index (χ1v) is 12.9. The van der Waals surface area contributed by atoms with Crippen LogP contribution in [-0.4, -0.2) is 45.5 Å². The zero-order valence-electron chi connectivity index (χ0n) is 19.0. The predicted molar refractivity (Wildman–Crippen MR) is 127 cm³/mol. The number of rotatable bonds is 7. The first-order valence-electron chi connectivity index (χ1n) is 11.4. The molecule has 2 N–H and O–H groups in total. The number of hydrogen-bond acceptors (Lipinski definition) is 6. The summed E-state index contributed by atoms with van der Waals surface area (Å²) in [5.41, 5.74) is 1.39. The predicted octanol–water partition coefficient (Wildman–Crippen LogP) is 2.95. The van der Waals surface area contributed by atoms with E-state index < -0.39 is 33.3 Å². The van der Waals surface area contributed by atoms with E-state index in [-0.39, 0.29) is 13.2 Å². The van der Waals surface area contributed by atoms with E-state index >= 15 is 0 Å². The fraction of sp³-hybridized carbons (Fsp3) is 0.417. The van der Waals surface area contributed by atoms with Gasteiger partial charge in [-0.25, -0.2) is 17.9 Å². The molecule has 4 rings (SSSR count). The molecule has 1 aliphatic heterocycles. The number of nitrogens with zero attached hydrogens (tertiary/aromatic N) is 1. The summed E-state index contributed by atoms with van der Waals surface area (Å²) in [5, 5.41) is 2.00. The Morgan fingerprint density at radius 1 is 1.03 bits per heavy atom. The summed E-state index contributed by atoms with van der Waals surface area (Å²) in [6, 6.07) is 12.5. The molecule has 0 spiro atoms. The van der Waals surface area contributed by atoms with Gasteiger partial charge in [-0.05, 0) is 30.5 Å². The maximum atomic E-state index is 13.4. The quantitative estimate of drug-likeness (QED) is 0.621. The normalized spacial score (nSPS) is 16.5. The smallest absolute Gasteiger partial charge is 0.329 e. The van der Waals surface area contributed by atoms with Crippen molar-refractivity contribution >= 4 is 27.6 Å². The van der Waals surface area contributed by atoms with Gasteiger partial charge in [-0.1, -0.05) is 49.6 Å². The van der Waals surface area contributed by atoms with Crippen molar-refractivity contribution in [2.75, 3.05) is 18.7 Å². The van der Waals surface area contributed by atoms with Gasteiger partial charge in [-0.2, -0.15) is 0 Å². The van der Waals surface area contributed by atoms with Crippen LogP contribution >= 0.6 is 0 Å². The van der Waals surface area contributed by atoms with Crippen molar-refractivity contribution < 1.29 is 27.5 Å². The topological polar surface area (TPSA) is 114 Å². The Morgan fingerprint density at radius 2 is 1.74 bits per heavy atom. The summed E-state index contributed by atoms with van der Waals surface area (Å²) in [5.74, 6) is 0.727. The molecular formula is C24H29N3O6S. The van der Waals surface area contributed by atoms with Gasteiger partial charge < -0.3 is 19.7 Å². The zero-order chi connectivity index (χ0) is 24.1. The number of carbonyl (C=O) groups is 2. The minimum Gasteiger partial charge on any atom is -0.454 e. The second kappa shape index (κ2) is 10.3. The SMILES string of the molecule is CN(C(=O)C(Cc1ccccc1)NC(=O)NS(=O)(=O)C1CCCCC1)c1ccc2c(c1)OCO2. The van der Waals surface area contributed by atoms with E-state index in [1.165, 1.54) is 4.90 Å². The van der Waals surface area contributed by atoms with Gasteiger partial charge in [0.25, 0.3) is 0 Å². The number of benzene rings is 2. The van der Waals surface area contributed by atoms with E-state index in [0.29, 0.717) is 30.0 Å².